The molecule has 0 unspecified atom stereocenters. The molecule has 0 bridgehead atoms. The lowest BCUT2D eigenvalue weighted by atomic mass is 10.1. The second-order valence-corrected chi connectivity index (χ2v) is 3.78. The first kappa shape index (κ1) is 13.4. The van der Waals surface area contributed by atoms with E-state index in [0.717, 1.165) is 24.4 Å². The number of aromatic carboxylic acids is 1. The number of aromatic nitrogens is 1. The minimum Gasteiger partial charge on any atom is -0.478 e. The van der Waals surface area contributed by atoms with Gasteiger partial charge in [0.25, 0.3) is 0 Å². The summed E-state index contributed by atoms with van der Waals surface area (Å²) in [5, 5.41) is 20.4. The van der Waals surface area contributed by atoms with E-state index in [1.165, 1.54) is 6.07 Å². The SMILES string of the molecule is N#Cc1cc(F)ccc1Nc1ncc(F)cc1C(=O)O. The lowest BCUT2D eigenvalue weighted by molar-refractivity contribution is 0.0697. The number of hydrogen-bond acceptors (Lipinski definition) is 4. The van der Waals surface area contributed by atoms with Crippen LogP contribution in [0.1, 0.15) is 15.9 Å². The van der Waals surface area contributed by atoms with E-state index in [-0.39, 0.29) is 17.1 Å². The van der Waals surface area contributed by atoms with Gasteiger partial charge in [-0.1, -0.05) is 0 Å². The van der Waals surface area contributed by atoms with Crippen molar-refractivity contribution in [1.29, 1.82) is 5.26 Å². The van der Waals surface area contributed by atoms with E-state index in [1.54, 1.807) is 6.07 Å². The van der Waals surface area contributed by atoms with Crippen LogP contribution in [0.4, 0.5) is 20.3 Å². The van der Waals surface area contributed by atoms with Gasteiger partial charge in [0.2, 0.25) is 0 Å². The summed E-state index contributed by atoms with van der Waals surface area (Å²) in [4.78, 5) is 14.6. The second kappa shape index (κ2) is 5.32. The summed E-state index contributed by atoms with van der Waals surface area (Å²) in [6.45, 7) is 0. The number of anilines is 2. The highest BCUT2D eigenvalue weighted by Gasteiger charge is 2.14. The Bertz CT molecular complexity index is 726. The highest BCUT2D eigenvalue weighted by Crippen LogP contribution is 2.23. The Morgan fingerprint density at radius 3 is 2.70 bits per heavy atom. The first-order valence-corrected chi connectivity index (χ1v) is 5.37. The van der Waals surface area contributed by atoms with Gasteiger partial charge < -0.3 is 10.4 Å². The number of benzene rings is 1. The van der Waals surface area contributed by atoms with Crippen molar-refractivity contribution in [3.05, 3.63) is 53.2 Å². The molecule has 1 heterocycles. The molecule has 0 aliphatic rings. The summed E-state index contributed by atoms with van der Waals surface area (Å²) in [7, 11) is 0. The van der Waals surface area contributed by atoms with Crippen LogP contribution in [0.25, 0.3) is 0 Å². The number of nitrogens with zero attached hydrogens (tertiary/aromatic N) is 2. The van der Waals surface area contributed by atoms with E-state index in [2.05, 4.69) is 10.3 Å². The normalized spacial score (nSPS) is 9.85. The number of nitrogens with one attached hydrogen (secondary N) is 1. The molecule has 5 nitrogen and oxygen atoms in total. The predicted octanol–water partition coefficient (Wildman–Crippen LogP) is 2.67. The maximum atomic E-state index is 13.0. The smallest absolute Gasteiger partial charge is 0.339 e. The Morgan fingerprint density at radius 2 is 2.05 bits per heavy atom. The molecule has 0 atom stereocenters. The fourth-order valence-electron chi connectivity index (χ4n) is 1.55. The van der Waals surface area contributed by atoms with Crippen molar-refractivity contribution in [3.63, 3.8) is 0 Å². The average Bonchev–Trinajstić information content (AvgIpc) is 2.42. The highest BCUT2D eigenvalue weighted by atomic mass is 19.1. The van der Waals surface area contributed by atoms with Gasteiger partial charge in [0, 0.05) is 0 Å². The van der Waals surface area contributed by atoms with Gasteiger partial charge in [-0.05, 0) is 24.3 Å². The molecule has 20 heavy (non-hydrogen) atoms. The number of nitriles is 1. The van der Waals surface area contributed by atoms with E-state index in [4.69, 9.17) is 10.4 Å². The van der Waals surface area contributed by atoms with Crippen molar-refractivity contribution in [1.82, 2.24) is 4.98 Å². The van der Waals surface area contributed by atoms with E-state index >= 15 is 0 Å². The molecule has 0 aliphatic heterocycles. The monoisotopic (exact) mass is 275 g/mol. The van der Waals surface area contributed by atoms with Crippen LogP contribution in [0.15, 0.2) is 30.5 Å². The third kappa shape index (κ3) is 2.70. The molecule has 0 fully saturated rings. The summed E-state index contributed by atoms with van der Waals surface area (Å²) >= 11 is 0. The number of halogens is 2. The van der Waals surface area contributed by atoms with Crippen molar-refractivity contribution in [2.45, 2.75) is 0 Å². The lowest BCUT2D eigenvalue weighted by Gasteiger charge is -2.09. The fraction of sp³-hybridized carbons (Fsp3) is 0. The average molecular weight is 275 g/mol. The number of hydrogen-bond donors (Lipinski definition) is 2. The van der Waals surface area contributed by atoms with E-state index in [9.17, 15) is 13.6 Å². The lowest BCUT2D eigenvalue weighted by Crippen LogP contribution is -2.06. The molecule has 0 amide bonds. The van der Waals surface area contributed by atoms with Crippen LogP contribution in [-0.2, 0) is 0 Å². The van der Waals surface area contributed by atoms with E-state index in [0.29, 0.717) is 0 Å². The van der Waals surface area contributed by atoms with Gasteiger partial charge in [-0.3, -0.25) is 0 Å². The number of pyridine rings is 1. The predicted molar refractivity (Wildman–Crippen MR) is 65.6 cm³/mol. The van der Waals surface area contributed by atoms with Crippen LogP contribution in [0.5, 0.6) is 0 Å². The summed E-state index contributed by atoms with van der Waals surface area (Å²) in [6.07, 6.45) is 0.838. The van der Waals surface area contributed by atoms with Crippen molar-refractivity contribution < 1.29 is 18.7 Å². The Morgan fingerprint density at radius 1 is 1.30 bits per heavy atom. The number of rotatable bonds is 3. The number of carboxylic acids is 1. The Hall–Kier alpha value is -3.01. The molecule has 2 rings (SSSR count). The molecule has 100 valence electrons. The Kier molecular flexibility index (Phi) is 3.57. The molecule has 1 aromatic carbocycles. The van der Waals surface area contributed by atoms with Gasteiger partial charge in [0.15, 0.2) is 0 Å². The number of carboxylic acid groups (broad SMARTS) is 1. The van der Waals surface area contributed by atoms with Gasteiger partial charge in [0.1, 0.15) is 29.1 Å². The third-order valence-corrected chi connectivity index (χ3v) is 2.44. The van der Waals surface area contributed by atoms with Gasteiger partial charge in [0.05, 0.1) is 17.4 Å². The van der Waals surface area contributed by atoms with Crippen molar-refractivity contribution >= 4 is 17.5 Å². The Balaban J connectivity index is 2.45. The van der Waals surface area contributed by atoms with E-state index in [1.807, 2.05) is 0 Å². The van der Waals surface area contributed by atoms with Gasteiger partial charge in [-0.2, -0.15) is 5.26 Å². The zero-order valence-electron chi connectivity index (χ0n) is 9.89. The maximum Gasteiger partial charge on any atom is 0.339 e. The minimum absolute atomic E-state index is 0.0209. The van der Waals surface area contributed by atoms with E-state index < -0.39 is 23.2 Å². The van der Waals surface area contributed by atoms with Crippen LogP contribution in [0, 0.1) is 23.0 Å². The van der Waals surface area contributed by atoms with Crippen LogP contribution in [0.3, 0.4) is 0 Å². The highest BCUT2D eigenvalue weighted by molar-refractivity contribution is 5.94. The fourth-order valence-corrected chi connectivity index (χ4v) is 1.55. The minimum atomic E-state index is -1.37. The molecular weight excluding hydrogens is 268 g/mol. The van der Waals surface area contributed by atoms with Gasteiger partial charge in [-0.15, -0.1) is 0 Å². The maximum absolute atomic E-state index is 13.0. The molecule has 0 saturated carbocycles. The van der Waals surface area contributed by atoms with Crippen LogP contribution in [-0.4, -0.2) is 16.1 Å². The first-order valence-electron chi connectivity index (χ1n) is 5.37. The van der Waals surface area contributed by atoms with Crippen molar-refractivity contribution in [3.8, 4) is 6.07 Å². The number of carbonyl (C=O) groups is 1. The second-order valence-electron chi connectivity index (χ2n) is 3.78. The first-order chi connectivity index (χ1) is 9.51. The quantitative estimate of drug-likeness (QED) is 0.899. The van der Waals surface area contributed by atoms with Crippen LogP contribution >= 0.6 is 0 Å². The summed E-state index contributed by atoms with van der Waals surface area (Å²) < 4.78 is 26.0. The molecule has 0 radical (unpaired) electrons. The zero-order chi connectivity index (χ0) is 14.7. The molecule has 2 N–H and O–H groups in total. The third-order valence-electron chi connectivity index (χ3n) is 2.44. The molecule has 7 heteroatoms. The van der Waals surface area contributed by atoms with Crippen LogP contribution in [0.2, 0.25) is 0 Å². The summed E-state index contributed by atoms with van der Waals surface area (Å²) in [5.41, 5.74) is -0.235. The van der Waals surface area contributed by atoms with Crippen LogP contribution < -0.4 is 5.32 Å². The molecule has 0 spiro atoms. The summed E-state index contributed by atoms with van der Waals surface area (Å²) in [6, 6.07) is 5.93. The molecular formula is C13H7F2N3O2. The molecule has 1 aromatic heterocycles. The van der Waals surface area contributed by atoms with Gasteiger partial charge in [-0.25, -0.2) is 18.6 Å². The molecule has 2 aromatic rings. The molecule has 0 aliphatic carbocycles. The Labute approximate surface area is 112 Å². The van der Waals surface area contributed by atoms with Crippen molar-refractivity contribution in [2.24, 2.45) is 0 Å². The summed E-state index contributed by atoms with van der Waals surface area (Å²) in [5.74, 6) is -2.91. The largest absolute Gasteiger partial charge is 0.478 e. The standard InChI is InChI=1S/C13H7F2N3O2/c14-8-1-2-11(7(3-8)5-16)18-12-10(13(19)20)4-9(15)6-17-12/h1-4,6H,(H,17,18)(H,19,20). The van der Waals surface area contributed by atoms with Crippen molar-refractivity contribution in [2.75, 3.05) is 5.32 Å². The molecule has 0 saturated heterocycles. The zero-order valence-corrected chi connectivity index (χ0v) is 9.89. The topological polar surface area (TPSA) is 86.0 Å². The van der Waals surface area contributed by atoms with Gasteiger partial charge >= 0.3 is 5.97 Å².